The van der Waals surface area contributed by atoms with Crippen molar-refractivity contribution in [3.05, 3.63) is 63.5 Å². The molecule has 0 bridgehead atoms. The first-order chi connectivity index (χ1) is 15.5. The zero-order valence-electron chi connectivity index (χ0n) is 17.3. The number of alkyl halides is 2. The lowest BCUT2D eigenvalue weighted by Crippen LogP contribution is -2.46. The number of hydrogen-bond donors (Lipinski definition) is 3. The van der Waals surface area contributed by atoms with E-state index < -0.39 is 54.8 Å². The minimum absolute atomic E-state index is 0.0125. The summed E-state index contributed by atoms with van der Waals surface area (Å²) in [5.74, 6) is -6.34. The zero-order chi connectivity index (χ0) is 24.0. The minimum atomic E-state index is -3.23. The molecule has 2 aliphatic heterocycles. The number of thiazole rings is 1. The summed E-state index contributed by atoms with van der Waals surface area (Å²) in [5, 5.41) is 24.5. The first-order valence-electron chi connectivity index (χ1n) is 9.84. The lowest BCUT2D eigenvalue weighted by molar-refractivity contribution is -0.142. The molecule has 2 aliphatic rings. The molecule has 3 N–H and O–H groups in total. The fraction of sp³-hybridized carbons (Fsp3) is 0.333. The van der Waals surface area contributed by atoms with Crippen molar-refractivity contribution >= 4 is 29.1 Å². The van der Waals surface area contributed by atoms with Crippen LogP contribution in [0, 0.1) is 5.82 Å². The number of rotatable bonds is 6. The van der Waals surface area contributed by atoms with Gasteiger partial charge in [-0.2, -0.15) is 0 Å². The Labute approximate surface area is 190 Å². The van der Waals surface area contributed by atoms with Crippen LogP contribution in [0.15, 0.2) is 52.1 Å². The number of halogens is 3. The van der Waals surface area contributed by atoms with Crippen LogP contribution in [0.4, 0.5) is 13.2 Å². The van der Waals surface area contributed by atoms with Crippen LogP contribution in [0.25, 0.3) is 0 Å². The molecule has 0 radical (unpaired) electrons. The second-order valence-electron chi connectivity index (χ2n) is 7.98. The third-order valence-corrected chi connectivity index (χ3v) is 6.44. The zero-order valence-corrected chi connectivity index (χ0v) is 18.1. The predicted octanol–water partition coefficient (Wildman–Crippen LogP) is 2.68. The normalized spacial score (nSPS) is 25.0. The maximum atomic E-state index is 14.0. The Morgan fingerprint density at radius 2 is 1.97 bits per heavy atom. The van der Waals surface area contributed by atoms with Gasteiger partial charge in [0, 0.05) is 30.2 Å². The molecule has 0 spiro atoms. The number of benzene rings is 1. The molecule has 0 amide bonds. The van der Waals surface area contributed by atoms with Crippen molar-refractivity contribution in [2.75, 3.05) is 13.1 Å². The van der Waals surface area contributed by atoms with Crippen molar-refractivity contribution < 1.29 is 33.0 Å². The average Bonchev–Trinajstić information content (AvgIpc) is 3.35. The second-order valence-corrected chi connectivity index (χ2v) is 8.87. The summed E-state index contributed by atoms with van der Waals surface area (Å²) in [7, 11) is 0. The van der Waals surface area contributed by atoms with Gasteiger partial charge in [-0.15, -0.1) is 11.3 Å². The van der Waals surface area contributed by atoms with Crippen molar-refractivity contribution in [1.82, 2.24) is 15.2 Å². The SMILES string of the molecule is CC1(c2ccc(F)cc2)N=C(c2nccs2)NC(CN2CC(F)(F)CC2C(=O)O)=C1C(=O)O. The fourth-order valence-corrected chi connectivity index (χ4v) is 4.76. The third-order valence-electron chi connectivity index (χ3n) is 5.66. The highest BCUT2D eigenvalue weighted by Crippen LogP contribution is 2.40. The number of carbonyl (C=O) groups is 2. The van der Waals surface area contributed by atoms with Gasteiger partial charge < -0.3 is 15.5 Å². The molecule has 0 saturated carbocycles. The molecule has 1 saturated heterocycles. The third kappa shape index (κ3) is 4.35. The molecule has 2 aromatic rings. The summed E-state index contributed by atoms with van der Waals surface area (Å²) in [6, 6.07) is 3.65. The Bertz CT molecular complexity index is 1150. The molecule has 12 heteroatoms. The Morgan fingerprint density at radius 1 is 1.27 bits per heavy atom. The van der Waals surface area contributed by atoms with Gasteiger partial charge in [-0.05, 0) is 24.6 Å². The Hall–Kier alpha value is -3.25. The van der Waals surface area contributed by atoms with E-state index in [1.165, 1.54) is 48.7 Å². The minimum Gasteiger partial charge on any atom is -0.480 e. The topological polar surface area (TPSA) is 115 Å². The highest BCUT2D eigenvalue weighted by atomic mass is 32.1. The van der Waals surface area contributed by atoms with Gasteiger partial charge in [-0.3, -0.25) is 9.69 Å². The molecule has 1 aromatic carbocycles. The largest absolute Gasteiger partial charge is 0.480 e. The van der Waals surface area contributed by atoms with Gasteiger partial charge in [0.1, 0.15) is 17.4 Å². The quantitative estimate of drug-likeness (QED) is 0.582. The van der Waals surface area contributed by atoms with E-state index in [1.54, 1.807) is 5.38 Å². The molecule has 174 valence electrons. The van der Waals surface area contributed by atoms with E-state index in [1.807, 2.05) is 0 Å². The van der Waals surface area contributed by atoms with Gasteiger partial charge >= 0.3 is 11.9 Å². The van der Waals surface area contributed by atoms with Gasteiger partial charge in [-0.1, -0.05) is 12.1 Å². The van der Waals surface area contributed by atoms with Gasteiger partial charge in [0.25, 0.3) is 5.92 Å². The number of carboxylic acid groups (broad SMARTS) is 2. The summed E-state index contributed by atoms with van der Waals surface area (Å²) in [6.45, 7) is 0.291. The molecular formula is C21H19F3N4O4S. The number of aromatic nitrogens is 1. The molecular weight excluding hydrogens is 461 g/mol. The lowest BCUT2D eigenvalue weighted by Gasteiger charge is -2.35. The summed E-state index contributed by atoms with van der Waals surface area (Å²) >= 11 is 1.23. The second kappa shape index (κ2) is 8.27. The summed E-state index contributed by atoms with van der Waals surface area (Å²) in [5.41, 5.74) is -1.41. The van der Waals surface area contributed by atoms with Crippen molar-refractivity contribution in [2.45, 2.75) is 30.8 Å². The molecule has 4 rings (SSSR count). The van der Waals surface area contributed by atoms with Crippen LogP contribution in [-0.4, -0.2) is 62.9 Å². The maximum Gasteiger partial charge on any atom is 0.336 e. The van der Waals surface area contributed by atoms with E-state index in [9.17, 15) is 33.0 Å². The van der Waals surface area contributed by atoms with E-state index in [0.29, 0.717) is 10.6 Å². The van der Waals surface area contributed by atoms with Crippen LogP contribution in [0.2, 0.25) is 0 Å². The average molecular weight is 480 g/mol. The van der Waals surface area contributed by atoms with Gasteiger partial charge in [-0.25, -0.2) is 27.9 Å². The number of nitrogens with zero attached hydrogens (tertiary/aromatic N) is 3. The van der Waals surface area contributed by atoms with Crippen LogP contribution < -0.4 is 5.32 Å². The Balaban J connectivity index is 1.84. The molecule has 0 aliphatic carbocycles. The number of likely N-dealkylation sites (tertiary alicyclic amines) is 1. The van der Waals surface area contributed by atoms with E-state index in [4.69, 9.17) is 0 Å². The van der Waals surface area contributed by atoms with E-state index in [-0.39, 0.29) is 17.1 Å². The molecule has 2 atom stereocenters. The van der Waals surface area contributed by atoms with Gasteiger partial charge in [0.2, 0.25) is 0 Å². The first-order valence-corrected chi connectivity index (χ1v) is 10.7. The number of hydrogen-bond acceptors (Lipinski definition) is 7. The highest BCUT2D eigenvalue weighted by molar-refractivity contribution is 7.11. The fourth-order valence-electron chi connectivity index (χ4n) is 4.18. The van der Waals surface area contributed by atoms with Crippen molar-refractivity contribution in [2.24, 2.45) is 4.99 Å². The molecule has 1 aromatic heterocycles. The number of carboxylic acids is 2. The van der Waals surface area contributed by atoms with Gasteiger partial charge in [0.15, 0.2) is 10.8 Å². The first kappa shape index (κ1) is 22.9. The molecule has 33 heavy (non-hydrogen) atoms. The Kier molecular flexibility index (Phi) is 5.74. The Morgan fingerprint density at radius 3 is 2.55 bits per heavy atom. The number of amidine groups is 1. The van der Waals surface area contributed by atoms with Crippen molar-refractivity contribution in [1.29, 1.82) is 0 Å². The molecule has 8 nitrogen and oxygen atoms in total. The van der Waals surface area contributed by atoms with E-state index >= 15 is 0 Å². The number of nitrogens with one attached hydrogen (secondary N) is 1. The molecule has 3 heterocycles. The highest BCUT2D eigenvalue weighted by Gasteiger charge is 2.50. The van der Waals surface area contributed by atoms with E-state index in [0.717, 1.165) is 4.90 Å². The maximum absolute atomic E-state index is 14.0. The van der Waals surface area contributed by atoms with Crippen molar-refractivity contribution in [3.8, 4) is 0 Å². The molecule has 1 fully saturated rings. The lowest BCUT2D eigenvalue weighted by atomic mass is 9.82. The van der Waals surface area contributed by atoms with E-state index in [2.05, 4.69) is 15.3 Å². The van der Waals surface area contributed by atoms with Crippen LogP contribution in [-0.2, 0) is 15.1 Å². The summed E-state index contributed by atoms with van der Waals surface area (Å²) in [6.07, 6.45) is 0.650. The van der Waals surface area contributed by atoms with Crippen LogP contribution in [0.1, 0.15) is 23.9 Å². The van der Waals surface area contributed by atoms with Crippen LogP contribution in [0.5, 0.6) is 0 Å². The summed E-state index contributed by atoms with van der Waals surface area (Å²) < 4.78 is 41.6. The van der Waals surface area contributed by atoms with Crippen LogP contribution in [0.3, 0.4) is 0 Å². The monoisotopic (exact) mass is 480 g/mol. The smallest absolute Gasteiger partial charge is 0.336 e. The molecule has 2 unspecified atom stereocenters. The standard InChI is InChI=1S/C21H19F3N4O4S/c1-20(11-2-4-12(22)5-3-11)15(19(31)32)13(26-16(27-20)17-25-6-7-33-17)9-28-10-21(23,24)8-14(28)18(29)30/h2-7,14H,8-10H2,1H3,(H,26,27)(H,29,30)(H,31,32). The van der Waals surface area contributed by atoms with Gasteiger partial charge in [0.05, 0.1) is 12.1 Å². The predicted molar refractivity (Wildman–Crippen MR) is 113 cm³/mol. The van der Waals surface area contributed by atoms with Crippen LogP contribution >= 0.6 is 11.3 Å². The van der Waals surface area contributed by atoms with Crippen molar-refractivity contribution in [3.63, 3.8) is 0 Å². The summed E-state index contributed by atoms with van der Waals surface area (Å²) in [4.78, 5) is 33.8. The number of aliphatic imine (C=N–C) groups is 1. The number of aliphatic carboxylic acids is 2.